The van der Waals surface area contributed by atoms with Crippen LogP contribution < -0.4 is 0 Å². The summed E-state index contributed by atoms with van der Waals surface area (Å²) < 4.78 is 0. The van der Waals surface area contributed by atoms with Gasteiger partial charge in [0.15, 0.2) is 5.78 Å². The van der Waals surface area contributed by atoms with Gasteiger partial charge < -0.3 is 4.90 Å². The molecule has 2 aliphatic rings. The van der Waals surface area contributed by atoms with Gasteiger partial charge >= 0.3 is 0 Å². The molecule has 0 aliphatic carbocycles. The molecule has 1 aromatic carbocycles. The summed E-state index contributed by atoms with van der Waals surface area (Å²) in [6.07, 6.45) is 0. The predicted octanol–water partition coefficient (Wildman–Crippen LogP) is 1.33. The molecule has 3 heteroatoms. The number of nitrogens with zero attached hydrogens (tertiary/aromatic N) is 1. The minimum Gasteiger partial charge on any atom is -0.317 e. The number of Topliss-reactive ketones (excluding diaryl/α,β-unsaturated/α-hetero) is 1. The summed E-state index contributed by atoms with van der Waals surface area (Å²) in [5.74, 6) is -0.403. The fourth-order valence-corrected chi connectivity index (χ4v) is 2.79. The molecule has 2 aliphatic heterocycles. The highest BCUT2D eigenvalue weighted by Crippen LogP contribution is 2.55. The molecule has 3 rings (SSSR count). The first-order valence-corrected chi connectivity index (χ1v) is 5.51. The van der Waals surface area contributed by atoms with Crippen LogP contribution in [0.25, 0.3) is 0 Å². The number of ketones is 1. The average molecular weight is 215 g/mol. The van der Waals surface area contributed by atoms with E-state index >= 15 is 0 Å². The topological polar surface area (TPSA) is 37.1 Å². The molecule has 3 unspecified atom stereocenters. The Kier molecular flexibility index (Phi) is 1.63. The van der Waals surface area contributed by atoms with E-state index < -0.39 is 5.92 Å². The highest BCUT2D eigenvalue weighted by molar-refractivity contribution is 6.15. The fraction of sp³-hybridized carbons (Fsp3) is 0.385. The first-order chi connectivity index (χ1) is 7.58. The van der Waals surface area contributed by atoms with Crippen molar-refractivity contribution < 1.29 is 9.59 Å². The number of piperidine rings is 1. The van der Waals surface area contributed by atoms with Crippen molar-refractivity contribution in [1.82, 2.24) is 4.90 Å². The number of benzene rings is 1. The van der Waals surface area contributed by atoms with Crippen molar-refractivity contribution in [2.75, 3.05) is 0 Å². The number of fused-ring (bicyclic) bond motifs is 1. The molecule has 16 heavy (non-hydrogen) atoms. The van der Waals surface area contributed by atoms with Crippen LogP contribution in [0.4, 0.5) is 0 Å². The van der Waals surface area contributed by atoms with Gasteiger partial charge in [-0.2, -0.15) is 0 Å². The number of carbonyl (C=O) groups is 2. The fourth-order valence-electron chi connectivity index (χ4n) is 2.79. The van der Waals surface area contributed by atoms with E-state index in [1.807, 2.05) is 37.3 Å². The molecule has 3 atom stereocenters. The third kappa shape index (κ3) is 0.889. The van der Waals surface area contributed by atoms with Gasteiger partial charge in [-0.1, -0.05) is 30.3 Å². The molecule has 3 nitrogen and oxygen atoms in total. The number of rotatable bonds is 1. The van der Waals surface area contributed by atoms with Gasteiger partial charge in [0, 0.05) is 0 Å². The lowest BCUT2D eigenvalue weighted by atomic mass is 9.90. The largest absolute Gasteiger partial charge is 0.317 e. The van der Waals surface area contributed by atoms with E-state index in [2.05, 4.69) is 0 Å². The Balaban J connectivity index is 2.02. The maximum Gasteiger partial charge on any atom is 0.234 e. The van der Waals surface area contributed by atoms with Crippen LogP contribution in [0.2, 0.25) is 0 Å². The molecular formula is C13H13NO2. The standard InChI is InChI=1S/C13H13NO2/c1-8-10(15)11-13(2,14(11)12(8)16)9-6-4-3-5-7-9/h3-8,11H,1-2H3. The zero-order chi connectivity index (χ0) is 11.5. The second kappa shape index (κ2) is 2.73. The Labute approximate surface area is 94.1 Å². The van der Waals surface area contributed by atoms with Gasteiger partial charge in [0.05, 0.1) is 11.5 Å². The first-order valence-electron chi connectivity index (χ1n) is 5.51. The third-order valence-corrected chi connectivity index (χ3v) is 3.89. The number of amides is 1. The van der Waals surface area contributed by atoms with Crippen molar-refractivity contribution >= 4 is 11.7 Å². The van der Waals surface area contributed by atoms with E-state index in [9.17, 15) is 9.59 Å². The van der Waals surface area contributed by atoms with Crippen LogP contribution in [0.5, 0.6) is 0 Å². The summed E-state index contributed by atoms with van der Waals surface area (Å²) in [5.41, 5.74) is 0.663. The lowest BCUT2D eigenvalue weighted by molar-refractivity contribution is -0.132. The summed E-state index contributed by atoms with van der Waals surface area (Å²) in [5, 5.41) is 0. The summed E-state index contributed by atoms with van der Waals surface area (Å²) in [6.45, 7) is 3.66. The van der Waals surface area contributed by atoms with Gasteiger partial charge in [-0.3, -0.25) is 9.59 Å². The summed E-state index contributed by atoms with van der Waals surface area (Å²) >= 11 is 0. The molecule has 2 fully saturated rings. The highest BCUT2D eigenvalue weighted by Gasteiger charge is 2.72. The summed E-state index contributed by atoms with van der Waals surface area (Å²) in [4.78, 5) is 25.5. The predicted molar refractivity (Wildman–Crippen MR) is 58.6 cm³/mol. The second-order valence-corrected chi connectivity index (χ2v) is 4.75. The molecule has 0 radical (unpaired) electrons. The highest BCUT2D eigenvalue weighted by atomic mass is 16.2. The molecule has 0 saturated carbocycles. The number of carbonyl (C=O) groups excluding carboxylic acids is 2. The Hall–Kier alpha value is -1.64. The maximum absolute atomic E-state index is 11.9. The van der Waals surface area contributed by atoms with Gasteiger partial charge in [0.1, 0.15) is 6.04 Å². The Morgan fingerprint density at radius 2 is 1.81 bits per heavy atom. The Morgan fingerprint density at radius 1 is 1.19 bits per heavy atom. The van der Waals surface area contributed by atoms with E-state index in [4.69, 9.17) is 0 Å². The summed E-state index contributed by atoms with van der Waals surface area (Å²) in [6, 6.07) is 9.54. The van der Waals surface area contributed by atoms with Crippen molar-refractivity contribution in [3.05, 3.63) is 35.9 Å². The molecule has 0 aromatic heterocycles. The third-order valence-electron chi connectivity index (χ3n) is 3.89. The van der Waals surface area contributed by atoms with Crippen molar-refractivity contribution in [3.63, 3.8) is 0 Å². The van der Waals surface area contributed by atoms with Crippen LogP contribution in [0, 0.1) is 5.92 Å². The number of hydrogen-bond donors (Lipinski definition) is 0. The van der Waals surface area contributed by atoms with Crippen LogP contribution in [0.15, 0.2) is 30.3 Å². The first kappa shape index (κ1) is 9.58. The van der Waals surface area contributed by atoms with E-state index in [0.717, 1.165) is 5.56 Å². The van der Waals surface area contributed by atoms with Gasteiger partial charge in [0.25, 0.3) is 0 Å². The molecule has 1 aromatic rings. The van der Waals surface area contributed by atoms with Crippen molar-refractivity contribution in [2.45, 2.75) is 25.4 Å². The van der Waals surface area contributed by atoms with Gasteiger partial charge in [-0.05, 0) is 19.4 Å². The van der Waals surface area contributed by atoms with Crippen molar-refractivity contribution in [3.8, 4) is 0 Å². The smallest absolute Gasteiger partial charge is 0.234 e. The molecule has 0 N–H and O–H groups in total. The molecule has 82 valence electrons. The Bertz CT molecular complexity index is 458. The lowest BCUT2D eigenvalue weighted by Gasteiger charge is -2.16. The number of hydrogen-bond acceptors (Lipinski definition) is 2. The van der Waals surface area contributed by atoms with Crippen LogP contribution in [-0.2, 0) is 15.1 Å². The van der Waals surface area contributed by atoms with Gasteiger partial charge in [0.2, 0.25) is 5.91 Å². The lowest BCUT2D eigenvalue weighted by Crippen LogP contribution is -2.29. The SMILES string of the molecule is CC1C(=O)C2N(C1=O)C2(C)c1ccccc1. The zero-order valence-corrected chi connectivity index (χ0v) is 9.31. The molecular weight excluding hydrogens is 202 g/mol. The van der Waals surface area contributed by atoms with Crippen LogP contribution in [0.3, 0.4) is 0 Å². The van der Waals surface area contributed by atoms with E-state index in [1.54, 1.807) is 11.8 Å². The molecule has 0 spiro atoms. The zero-order valence-electron chi connectivity index (χ0n) is 9.31. The van der Waals surface area contributed by atoms with Crippen LogP contribution in [-0.4, -0.2) is 22.6 Å². The normalized spacial score (nSPS) is 36.5. The van der Waals surface area contributed by atoms with E-state index in [0.29, 0.717) is 0 Å². The van der Waals surface area contributed by atoms with Crippen LogP contribution >= 0.6 is 0 Å². The molecule has 1 amide bonds. The Morgan fingerprint density at radius 3 is 2.31 bits per heavy atom. The van der Waals surface area contributed by atoms with Crippen LogP contribution in [0.1, 0.15) is 19.4 Å². The quantitative estimate of drug-likeness (QED) is 0.523. The van der Waals surface area contributed by atoms with Gasteiger partial charge in [-0.25, -0.2) is 0 Å². The van der Waals surface area contributed by atoms with Crippen molar-refractivity contribution in [1.29, 1.82) is 0 Å². The molecule has 2 heterocycles. The summed E-state index contributed by atoms with van der Waals surface area (Å²) in [7, 11) is 0. The maximum atomic E-state index is 11.9. The van der Waals surface area contributed by atoms with Crippen molar-refractivity contribution in [2.24, 2.45) is 5.92 Å². The average Bonchev–Trinajstić information content (AvgIpc) is 2.87. The van der Waals surface area contributed by atoms with Gasteiger partial charge in [-0.15, -0.1) is 0 Å². The molecule has 2 saturated heterocycles. The second-order valence-electron chi connectivity index (χ2n) is 4.75. The monoisotopic (exact) mass is 215 g/mol. The minimum absolute atomic E-state index is 0.0265. The van der Waals surface area contributed by atoms with E-state index in [1.165, 1.54) is 0 Å². The minimum atomic E-state index is -0.443. The molecule has 0 bridgehead atoms. The van der Waals surface area contributed by atoms with E-state index in [-0.39, 0.29) is 23.3 Å².